The molecule has 2 amide bonds. The third-order valence-corrected chi connectivity index (χ3v) is 7.81. The largest absolute Gasteiger partial charge is 0.490 e. The molecule has 0 atom stereocenters. The number of carbonyl (C=O) groups excluding carboxylic acids is 2. The molecular formula is C28H24Cl2N2O4S2. The van der Waals surface area contributed by atoms with Gasteiger partial charge in [-0.15, -0.1) is 0 Å². The van der Waals surface area contributed by atoms with Gasteiger partial charge >= 0.3 is 0 Å². The number of halogens is 2. The van der Waals surface area contributed by atoms with E-state index >= 15 is 0 Å². The average molecular weight is 588 g/mol. The summed E-state index contributed by atoms with van der Waals surface area (Å²) in [6.45, 7) is 5.99. The number of nitrogens with zero attached hydrogens (tertiary/aromatic N) is 1. The van der Waals surface area contributed by atoms with Crippen LogP contribution in [0, 0.1) is 13.8 Å². The molecule has 38 heavy (non-hydrogen) atoms. The first-order chi connectivity index (χ1) is 18.2. The fraction of sp³-hybridized carbons (Fsp3) is 0.179. The molecule has 1 aliphatic heterocycles. The quantitative estimate of drug-likeness (QED) is 0.218. The summed E-state index contributed by atoms with van der Waals surface area (Å²) in [5, 5.41) is 3.27. The monoisotopic (exact) mass is 586 g/mol. The maximum absolute atomic E-state index is 13.2. The van der Waals surface area contributed by atoms with Crippen molar-refractivity contribution in [3.05, 3.63) is 86.2 Å². The van der Waals surface area contributed by atoms with Gasteiger partial charge in [-0.05, 0) is 79.9 Å². The van der Waals surface area contributed by atoms with E-state index in [0.717, 1.165) is 22.4 Å². The van der Waals surface area contributed by atoms with Gasteiger partial charge in [0.25, 0.3) is 11.8 Å². The third-order valence-electron chi connectivity index (χ3n) is 5.69. The molecular weight excluding hydrogens is 563 g/mol. The lowest BCUT2D eigenvalue weighted by atomic mass is 10.1. The van der Waals surface area contributed by atoms with Crippen molar-refractivity contribution in [1.29, 1.82) is 0 Å². The lowest BCUT2D eigenvalue weighted by Crippen LogP contribution is -2.27. The zero-order valence-corrected chi connectivity index (χ0v) is 24.0. The smallest absolute Gasteiger partial charge is 0.270 e. The molecule has 0 saturated carbocycles. The van der Waals surface area contributed by atoms with E-state index in [9.17, 15) is 9.59 Å². The van der Waals surface area contributed by atoms with E-state index in [0.29, 0.717) is 38.0 Å². The predicted octanol–water partition coefficient (Wildman–Crippen LogP) is 7.43. The number of rotatable bonds is 8. The van der Waals surface area contributed by atoms with Crippen LogP contribution < -0.4 is 19.7 Å². The lowest BCUT2D eigenvalue weighted by molar-refractivity contribution is -0.118. The Morgan fingerprint density at radius 1 is 1.05 bits per heavy atom. The summed E-state index contributed by atoms with van der Waals surface area (Å²) in [6, 6.07) is 16.0. The molecule has 6 nitrogen and oxygen atoms in total. The number of ether oxygens (including phenoxy) is 2. The second kappa shape index (κ2) is 12.2. The van der Waals surface area contributed by atoms with Crippen LogP contribution in [0.2, 0.25) is 10.0 Å². The van der Waals surface area contributed by atoms with Crippen LogP contribution in [0.1, 0.15) is 23.6 Å². The Morgan fingerprint density at radius 3 is 2.58 bits per heavy atom. The van der Waals surface area contributed by atoms with Crippen molar-refractivity contribution in [3.8, 4) is 11.5 Å². The maximum atomic E-state index is 13.2. The summed E-state index contributed by atoms with van der Waals surface area (Å²) in [7, 11) is 0. The van der Waals surface area contributed by atoms with Crippen LogP contribution in [-0.2, 0) is 9.59 Å². The average Bonchev–Trinajstić information content (AvgIpc) is 3.16. The van der Waals surface area contributed by atoms with Crippen LogP contribution in [-0.4, -0.2) is 29.3 Å². The topological polar surface area (TPSA) is 67.9 Å². The van der Waals surface area contributed by atoms with E-state index in [2.05, 4.69) is 5.32 Å². The molecule has 1 aliphatic rings. The number of carbonyl (C=O) groups is 2. The highest BCUT2D eigenvalue weighted by Gasteiger charge is 2.33. The molecule has 0 bridgehead atoms. The standard InChI is InChI=1S/C28H24Cl2N2O4S2/c1-4-35-23-13-18(9-11-22(23)36-15-25(33)31-21-7-5-6-20(29)26(21)30)14-24-27(34)32(28(37)38-24)19-10-8-16(2)17(3)12-19/h5-14H,4,15H2,1-3H3,(H,31,33)/b24-14-. The molecule has 1 saturated heterocycles. The van der Waals surface area contributed by atoms with E-state index in [4.69, 9.17) is 44.9 Å². The van der Waals surface area contributed by atoms with Crippen LogP contribution in [0.3, 0.4) is 0 Å². The number of thioether (sulfide) groups is 1. The Balaban J connectivity index is 1.49. The van der Waals surface area contributed by atoms with E-state index in [-0.39, 0.29) is 17.5 Å². The molecule has 1 N–H and O–H groups in total. The third kappa shape index (κ3) is 6.32. The first-order valence-electron chi connectivity index (χ1n) is 11.7. The zero-order chi connectivity index (χ0) is 27.4. The molecule has 0 unspecified atom stereocenters. The van der Waals surface area contributed by atoms with Crippen molar-refractivity contribution in [3.63, 3.8) is 0 Å². The zero-order valence-electron chi connectivity index (χ0n) is 20.8. The minimum atomic E-state index is -0.407. The number of aryl methyl sites for hydroxylation is 2. The number of benzene rings is 3. The molecule has 0 aliphatic carbocycles. The van der Waals surface area contributed by atoms with Crippen molar-refractivity contribution >= 4 is 80.8 Å². The first kappa shape index (κ1) is 28.0. The van der Waals surface area contributed by atoms with Gasteiger partial charge in [0.05, 0.1) is 32.9 Å². The van der Waals surface area contributed by atoms with Crippen molar-refractivity contribution in [1.82, 2.24) is 0 Å². The van der Waals surface area contributed by atoms with Crippen LogP contribution in [0.5, 0.6) is 11.5 Å². The van der Waals surface area contributed by atoms with Crippen molar-refractivity contribution < 1.29 is 19.1 Å². The number of hydrogen-bond acceptors (Lipinski definition) is 6. The van der Waals surface area contributed by atoms with Gasteiger partial charge in [-0.2, -0.15) is 0 Å². The van der Waals surface area contributed by atoms with Crippen LogP contribution in [0.4, 0.5) is 11.4 Å². The summed E-state index contributed by atoms with van der Waals surface area (Å²) in [4.78, 5) is 27.7. The Morgan fingerprint density at radius 2 is 1.84 bits per heavy atom. The highest BCUT2D eigenvalue weighted by Crippen LogP contribution is 2.38. The second-order valence-electron chi connectivity index (χ2n) is 8.36. The summed E-state index contributed by atoms with van der Waals surface area (Å²) in [5.74, 6) is 0.243. The van der Waals surface area contributed by atoms with Gasteiger partial charge in [-0.25, -0.2) is 0 Å². The summed E-state index contributed by atoms with van der Waals surface area (Å²) >= 11 is 18.9. The number of thiocarbonyl (C=S) groups is 1. The molecule has 0 radical (unpaired) electrons. The Labute approximate surface area is 240 Å². The van der Waals surface area contributed by atoms with E-state index in [1.165, 1.54) is 11.8 Å². The minimum absolute atomic E-state index is 0.183. The number of nitrogens with one attached hydrogen (secondary N) is 1. The second-order valence-corrected chi connectivity index (χ2v) is 10.8. The molecule has 196 valence electrons. The molecule has 1 fully saturated rings. The molecule has 10 heteroatoms. The maximum Gasteiger partial charge on any atom is 0.270 e. The Kier molecular flexibility index (Phi) is 8.99. The summed E-state index contributed by atoms with van der Waals surface area (Å²) in [5.41, 5.74) is 4.10. The number of hydrogen-bond donors (Lipinski definition) is 1. The SMILES string of the molecule is CCOc1cc(/C=C2\SC(=S)N(c3ccc(C)c(C)c3)C2=O)ccc1OCC(=O)Nc1cccc(Cl)c1Cl. The van der Waals surface area contributed by atoms with E-state index < -0.39 is 5.91 Å². The van der Waals surface area contributed by atoms with Gasteiger partial charge in [0.2, 0.25) is 0 Å². The fourth-order valence-corrected chi connectivity index (χ4v) is 5.29. The molecule has 3 aromatic rings. The van der Waals surface area contributed by atoms with Crippen molar-refractivity contribution in [2.75, 3.05) is 23.4 Å². The summed E-state index contributed by atoms with van der Waals surface area (Å²) < 4.78 is 11.9. The Bertz CT molecular complexity index is 1460. The van der Waals surface area contributed by atoms with Crippen LogP contribution in [0.25, 0.3) is 6.08 Å². The number of anilines is 2. The van der Waals surface area contributed by atoms with Gasteiger partial charge in [-0.1, -0.05) is 65.4 Å². The van der Waals surface area contributed by atoms with Crippen molar-refractivity contribution in [2.24, 2.45) is 0 Å². The summed E-state index contributed by atoms with van der Waals surface area (Å²) in [6.07, 6.45) is 1.76. The van der Waals surface area contributed by atoms with Gasteiger partial charge in [0.15, 0.2) is 22.4 Å². The fourth-order valence-electron chi connectivity index (χ4n) is 3.64. The Hall–Kier alpha value is -3.04. The van der Waals surface area contributed by atoms with Gasteiger partial charge in [0, 0.05) is 0 Å². The van der Waals surface area contributed by atoms with Gasteiger partial charge < -0.3 is 14.8 Å². The minimum Gasteiger partial charge on any atom is -0.490 e. The van der Waals surface area contributed by atoms with Gasteiger partial charge in [-0.3, -0.25) is 14.5 Å². The first-order valence-corrected chi connectivity index (χ1v) is 13.6. The van der Waals surface area contributed by atoms with E-state index in [1.54, 1.807) is 47.4 Å². The molecule has 0 spiro atoms. The molecule has 0 aromatic heterocycles. The number of amides is 2. The lowest BCUT2D eigenvalue weighted by Gasteiger charge is -2.16. The normalized spacial score (nSPS) is 14.2. The predicted molar refractivity (Wildman–Crippen MR) is 160 cm³/mol. The molecule has 4 rings (SSSR count). The molecule has 3 aromatic carbocycles. The van der Waals surface area contributed by atoms with E-state index in [1.807, 2.05) is 39.0 Å². The highest BCUT2D eigenvalue weighted by atomic mass is 35.5. The van der Waals surface area contributed by atoms with Crippen LogP contribution in [0.15, 0.2) is 59.5 Å². The van der Waals surface area contributed by atoms with Gasteiger partial charge in [0.1, 0.15) is 0 Å². The van der Waals surface area contributed by atoms with Crippen LogP contribution >= 0.6 is 47.2 Å². The highest BCUT2D eigenvalue weighted by molar-refractivity contribution is 8.27. The van der Waals surface area contributed by atoms with Crippen molar-refractivity contribution in [2.45, 2.75) is 20.8 Å². The molecule has 1 heterocycles.